The van der Waals surface area contributed by atoms with Gasteiger partial charge in [-0.15, -0.1) is 0 Å². The van der Waals surface area contributed by atoms with Crippen LogP contribution in [0.3, 0.4) is 0 Å². The van der Waals surface area contributed by atoms with Crippen molar-refractivity contribution in [1.29, 1.82) is 0 Å². The normalized spacial score (nSPS) is 11.0. The summed E-state index contributed by atoms with van der Waals surface area (Å²) in [6, 6.07) is 5.45. The van der Waals surface area contributed by atoms with Crippen LogP contribution in [0, 0.1) is 0 Å². The van der Waals surface area contributed by atoms with E-state index in [9.17, 15) is 9.59 Å². The standard InChI is InChI=1S/C15H22N2O4/c1-15(2,3)21-14(20)17(10-6-8-13(18)19)11-12-7-4-5-9-16-12/h4-5,7,9H,6,8,10-11H2,1-3H3,(H,18,19). The second-order valence-corrected chi connectivity index (χ2v) is 5.72. The molecule has 0 saturated heterocycles. The molecule has 0 atom stereocenters. The largest absolute Gasteiger partial charge is 0.481 e. The van der Waals surface area contributed by atoms with E-state index < -0.39 is 17.7 Å². The van der Waals surface area contributed by atoms with Crippen molar-refractivity contribution in [2.45, 2.75) is 45.8 Å². The van der Waals surface area contributed by atoms with Crippen molar-refractivity contribution < 1.29 is 19.4 Å². The van der Waals surface area contributed by atoms with E-state index in [-0.39, 0.29) is 6.42 Å². The van der Waals surface area contributed by atoms with E-state index in [0.717, 1.165) is 5.69 Å². The van der Waals surface area contributed by atoms with Crippen LogP contribution in [0.15, 0.2) is 24.4 Å². The van der Waals surface area contributed by atoms with Crippen LogP contribution in [-0.4, -0.2) is 39.2 Å². The highest BCUT2D eigenvalue weighted by molar-refractivity contribution is 5.69. The minimum absolute atomic E-state index is 0.0154. The number of carboxylic acids is 1. The molecule has 1 amide bonds. The summed E-state index contributed by atoms with van der Waals surface area (Å²) in [7, 11) is 0. The minimum atomic E-state index is -0.878. The monoisotopic (exact) mass is 294 g/mol. The molecule has 1 heterocycles. The molecule has 1 rings (SSSR count). The fourth-order valence-electron chi connectivity index (χ4n) is 1.67. The van der Waals surface area contributed by atoms with Crippen LogP contribution >= 0.6 is 0 Å². The van der Waals surface area contributed by atoms with Crippen molar-refractivity contribution in [2.75, 3.05) is 6.54 Å². The van der Waals surface area contributed by atoms with Crippen LogP contribution in [0.25, 0.3) is 0 Å². The van der Waals surface area contributed by atoms with Crippen LogP contribution in [0.1, 0.15) is 39.3 Å². The molecule has 0 unspecified atom stereocenters. The summed E-state index contributed by atoms with van der Waals surface area (Å²) < 4.78 is 5.34. The topological polar surface area (TPSA) is 79.7 Å². The van der Waals surface area contributed by atoms with Gasteiger partial charge in [0.1, 0.15) is 5.60 Å². The number of carbonyl (C=O) groups is 2. The van der Waals surface area contributed by atoms with Gasteiger partial charge in [0.05, 0.1) is 12.2 Å². The number of amides is 1. The van der Waals surface area contributed by atoms with E-state index in [1.807, 2.05) is 12.1 Å². The van der Waals surface area contributed by atoms with Gasteiger partial charge in [0, 0.05) is 19.2 Å². The number of aliphatic carboxylic acids is 1. The molecule has 0 aliphatic heterocycles. The lowest BCUT2D eigenvalue weighted by Gasteiger charge is -2.27. The molecule has 0 radical (unpaired) electrons. The molecule has 0 spiro atoms. The number of ether oxygens (including phenoxy) is 1. The van der Waals surface area contributed by atoms with E-state index in [2.05, 4.69) is 4.98 Å². The Morgan fingerprint density at radius 1 is 1.33 bits per heavy atom. The van der Waals surface area contributed by atoms with Gasteiger partial charge in [-0.2, -0.15) is 0 Å². The lowest BCUT2D eigenvalue weighted by atomic mass is 10.2. The molecule has 0 fully saturated rings. The molecule has 0 aliphatic rings. The number of nitrogens with zero attached hydrogens (tertiary/aromatic N) is 2. The zero-order valence-corrected chi connectivity index (χ0v) is 12.7. The van der Waals surface area contributed by atoms with Crippen LogP contribution in [0.4, 0.5) is 4.79 Å². The number of carbonyl (C=O) groups excluding carboxylic acids is 1. The van der Waals surface area contributed by atoms with E-state index in [1.54, 1.807) is 33.0 Å². The summed E-state index contributed by atoms with van der Waals surface area (Å²) in [5.41, 5.74) is 0.144. The van der Waals surface area contributed by atoms with Crippen molar-refractivity contribution in [3.63, 3.8) is 0 Å². The minimum Gasteiger partial charge on any atom is -0.481 e. The average molecular weight is 294 g/mol. The Balaban J connectivity index is 2.69. The SMILES string of the molecule is CC(C)(C)OC(=O)N(CCCC(=O)O)Cc1ccccn1. The molecule has 116 valence electrons. The van der Waals surface area contributed by atoms with E-state index in [1.165, 1.54) is 4.90 Å². The summed E-state index contributed by atoms with van der Waals surface area (Å²) in [5.74, 6) is -0.878. The van der Waals surface area contributed by atoms with Gasteiger partial charge in [-0.3, -0.25) is 9.78 Å². The Morgan fingerprint density at radius 2 is 2.05 bits per heavy atom. The number of rotatable bonds is 6. The molecule has 1 aromatic heterocycles. The number of hydrogen-bond donors (Lipinski definition) is 1. The lowest BCUT2D eigenvalue weighted by Crippen LogP contribution is -2.37. The predicted octanol–water partition coefficient (Wildman–Crippen LogP) is 2.68. The van der Waals surface area contributed by atoms with Gasteiger partial charge in [0.25, 0.3) is 0 Å². The van der Waals surface area contributed by atoms with Crippen LogP contribution in [0.2, 0.25) is 0 Å². The Bertz CT molecular complexity index is 468. The van der Waals surface area contributed by atoms with Crippen LogP contribution < -0.4 is 0 Å². The van der Waals surface area contributed by atoms with E-state index in [4.69, 9.17) is 9.84 Å². The number of carboxylic acid groups (broad SMARTS) is 1. The van der Waals surface area contributed by atoms with E-state index >= 15 is 0 Å². The Morgan fingerprint density at radius 3 is 2.57 bits per heavy atom. The summed E-state index contributed by atoms with van der Waals surface area (Å²) in [6.07, 6.45) is 1.58. The summed E-state index contributed by atoms with van der Waals surface area (Å²) in [6.45, 7) is 6.00. The number of hydrogen-bond acceptors (Lipinski definition) is 4. The number of pyridine rings is 1. The van der Waals surface area contributed by atoms with Gasteiger partial charge in [-0.25, -0.2) is 4.79 Å². The maximum atomic E-state index is 12.2. The first-order valence-corrected chi connectivity index (χ1v) is 6.87. The van der Waals surface area contributed by atoms with Gasteiger partial charge in [0.15, 0.2) is 0 Å². The average Bonchev–Trinajstić information content (AvgIpc) is 2.36. The maximum Gasteiger partial charge on any atom is 0.410 e. The van der Waals surface area contributed by atoms with Crippen molar-refractivity contribution in [3.05, 3.63) is 30.1 Å². The van der Waals surface area contributed by atoms with Gasteiger partial charge in [0.2, 0.25) is 0 Å². The fraction of sp³-hybridized carbons (Fsp3) is 0.533. The van der Waals surface area contributed by atoms with Crippen molar-refractivity contribution >= 4 is 12.1 Å². The van der Waals surface area contributed by atoms with E-state index in [0.29, 0.717) is 19.5 Å². The molecular weight excluding hydrogens is 272 g/mol. The zero-order chi connectivity index (χ0) is 15.9. The molecule has 6 nitrogen and oxygen atoms in total. The molecule has 21 heavy (non-hydrogen) atoms. The predicted molar refractivity (Wildman–Crippen MR) is 77.8 cm³/mol. The third kappa shape index (κ3) is 7.29. The van der Waals surface area contributed by atoms with Crippen molar-refractivity contribution in [2.24, 2.45) is 0 Å². The molecule has 0 aliphatic carbocycles. The highest BCUT2D eigenvalue weighted by atomic mass is 16.6. The molecule has 1 aromatic rings. The molecule has 6 heteroatoms. The first-order valence-electron chi connectivity index (χ1n) is 6.87. The highest BCUT2D eigenvalue weighted by Crippen LogP contribution is 2.12. The van der Waals surface area contributed by atoms with Crippen molar-refractivity contribution in [3.8, 4) is 0 Å². The first kappa shape index (κ1) is 16.9. The van der Waals surface area contributed by atoms with Gasteiger partial charge >= 0.3 is 12.1 Å². The Kier molecular flexibility index (Phi) is 6.14. The van der Waals surface area contributed by atoms with Gasteiger partial charge in [-0.05, 0) is 39.3 Å². The smallest absolute Gasteiger partial charge is 0.410 e. The van der Waals surface area contributed by atoms with Gasteiger partial charge in [-0.1, -0.05) is 6.07 Å². The first-order chi connectivity index (χ1) is 9.78. The summed E-state index contributed by atoms with van der Waals surface area (Å²) in [5, 5.41) is 8.69. The Hall–Kier alpha value is -2.11. The quantitative estimate of drug-likeness (QED) is 0.872. The molecule has 0 saturated carbocycles. The lowest BCUT2D eigenvalue weighted by molar-refractivity contribution is -0.137. The highest BCUT2D eigenvalue weighted by Gasteiger charge is 2.22. The molecule has 0 bridgehead atoms. The van der Waals surface area contributed by atoms with Gasteiger partial charge < -0.3 is 14.7 Å². The molecule has 0 aromatic carbocycles. The fourth-order valence-corrected chi connectivity index (χ4v) is 1.67. The summed E-state index contributed by atoms with van der Waals surface area (Å²) in [4.78, 5) is 28.4. The summed E-state index contributed by atoms with van der Waals surface area (Å²) >= 11 is 0. The molecule has 1 N–H and O–H groups in total. The second kappa shape index (κ2) is 7.61. The number of aromatic nitrogens is 1. The molecular formula is C15H22N2O4. The second-order valence-electron chi connectivity index (χ2n) is 5.72. The van der Waals surface area contributed by atoms with Crippen LogP contribution in [0.5, 0.6) is 0 Å². The van der Waals surface area contributed by atoms with Crippen LogP contribution in [-0.2, 0) is 16.1 Å². The maximum absolute atomic E-state index is 12.2. The zero-order valence-electron chi connectivity index (χ0n) is 12.7. The van der Waals surface area contributed by atoms with Crippen molar-refractivity contribution in [1.82, 2.24) is 9.88 Å². The third-order valence-corrected chi connectivity index (χ3v) is 2.55. The Labute approximate surface area is 124 Å². The third-order valence-electron chi connectivity index (χ3n) is 2.55.